The van der Waals surface area contributed by atoms with Crippen LogP contribution in [0.5, 0.6) is 5.75 Å². The quantitative estimate of drug-likeness (QED) is 0.831. The molecule has 0 unspecified atom stereocenters. The summed E-state index contributed by atoms with van der Waals surface area (Å²) in [5.74, 6) is -0.203. The Morgan fingerprint density at radius 3 is 2.81 bits per heavy atom. The number of anilines is 2. The van der Waals surface area contributed by atoms with Gasteiger partial charge in [0.25, 0.3) is 0 Å². The van der Waals surface area contributed by atoms with Crippen LogP contribution in [0, 0.1) is 5.82 Å². The number of ether oxygens (including phenoxy) is 1. The van der Waals surface area contributed by atoms with Crippen LogP contribution in [0.2, 0.25) is 5.02 Å². The van der Waals surface area contributed by atoms with Crippen LogP contribution in [0.15, 0.2) is 42.5 Å². The molecule has 2 rings (SSSR count). The highest BCUT2D eigenvalue weighted by Gasteiger charge is 2.05. The maximum Gasteiger partial charge on any atom is 0.227 e. The van der Waals surface area contributed by atoms with Crippen LogP contribution in [0.4, 0.5) is 15.8 Å². The van der Waals surface area contributed by atoms with Crippen LogP contribution in [0.1, 0.15) is 6.42 Å². The van der Waals surface area contributed by atoms with Crippen LogP contribution in [0.3, 0.4) is 0 Å². The van der Waals surface area contributed by atoms with E-state index in [-0.39, 0.29) is 24.0 Å². The number of rotatable bonds is 5. The van der Waals surface area contributed by atoms with Crippen molar-refractivity contribution in [2.45, 2.75) is 6.42 Å². The van der Waals surface area contributed by atoms with Gasteiger partial charge in [-0.1, -0.05) is 17.7 Å². The summed E-state index contributed by atoms with van der Waals surface area (Å²) in [4.78, 5) is 11.7. The monoisotopic (exact) mass is 308 g/mol. The van der Waals surface area contributed by atoms with Crippen molar-refractivity contribution in [1.82, 2.24) is 0 Å². The van der Waals surface area contributed by atoms with Crippen molar-refractivity contribution in [1.29, 1.82) is 0 Å². The van der Waals surface area contributed by atoms with Gasteiger partial charge in [0.1, 0.15) is 11.6 Å². The number of nitrogens with one attached hydrogen (secondary N) is 1. The summed E-state index contributed by atoms with van der Waals surface area (Å²) in [6.45, 7) is 0.193. The van der Waals surface area contributed by atoms with Crippen molar-refractivity contribution in [3.8, 4) is 5.75 Å². The Labute approximate surface area is 126 Å². The molecule has 4 nitrogen and oxygen atoms in total. The van der Waals surface area contributed by atoms with Gasteiger partial charge in [-0.25, -0.2) is 4.39 Å². The maximum atomic E-state index is 13.1. The van der Waals surface area contributed by atoms with Gasteiger partial charge in [0, 0.05) is 22.5 Å². The third-order valence-corrected chi connectivity index (χ3v) is 2.82. The van der Waals surface area contributed by atoms with Crippen LogP contribution in [0.25, 0.3) is 0 Å². The summed E-state index contributed by atoms with van der Waals surface area (Å²) in [6, 6.07) is 10.8. The zero-order chi connectivity index (χ0) is 15.2. The van der Waals surface area contributed by atoms with Gasteiger partial charge in [0.05, 0.1) is 13.0 Å². The average Bonchev–Trinajstić information content (AvgIpc) is 2.37. The van der Waals surface area contributed by atoms with E-state index in [0.717, 1.165) is 0 Å². The molecule has 0 saturated carbocycles. The molecule has 0 spiro atoms. The summed E-state index contributed by atoms with van der Waals surface area (Å²) >= 11 is 5.70. The van der Waals surface area contributed by atoms with E-state index in [9.17, 15) is 9.18 Å². The van der Waals surface area contributed by atoms with Crippen LogP contribution in [-0.2, 0) is 4.79 Å². The number of amides is 1. The number of nitrogen functional groups attached to an aromatic ring is 1. The highest BCUT2D eigenvalue weighted by Crippen LogP contribution is 2.18. The molecule has 0 fully saturated rings. The summed E-state index contributed by atoms with van der Waals surface area (Å²) in [5.41, 5.74) is 6.52. The molecule has 0 aliphatic heterocycles. The number of hydrogen-bond donors (Lipinski definition) is 2. The molecule has 2 aromatic rings. The molecule has 6 heteroatoms. The largest absolute Gasteiger partial charge is 0.493 e. The van der Waals surface area contributed by atoms with Gasteiger partial charge < -0.3 is 15.8 Å². The van der Waals surface area contributed by atoms with Crippen molar-refractivity contribution < 1.29 is 13.9 Å². The molecule has 110 valence electrons. The molecule has 21 heavy (non-hydrogen) atoms. The predicted molar refractivity (Wildman–Crippen MR) is 81.0 cm³/mol. The molecule has 0 heterocycles. The minimum atomic E-state index is -0.506. The van der Waals surface area contributed by atoms with E-state index >= 15 is 0 Å². The SMILES string of the molecule is Nc1cccc(OCCC(=O)Nc2cc(F)cc(Cl)c2)c1. The Kier molecular flexibility index (Phi) is 5.00. The zero-order valence-electron chi connectivity index (χ0n) is 11.1. The number of halogens is 2. The van der Waals surface area contributed by atoms with E-state index in [1.807, 2.05) is 0 Å². The Hall–Kier alpha value is -2.27. The minimum absolute atomic E-state index is 0.128. The van der Waals surface area contributed by atoms with Crippen molar-refractivity contribution in [2.75, 3.05) is 17.7 Å². The Bertz CT molecular complexity index is 629. The molecule has 0 aliphatic rings. The number of hydrogen-bond acceptors (Lipinski definition) is 3. The third-order valence-electron chi connectivity index (χ3n) is 2.60. The molecule has 2 aromatic carbocycles. The lowest BCUT2D eigenvalue weighted by Crippen LogP contribution is -2.15. The molecular weight excluding hydrogens is 295 g/mol. The number of carbonyl (C=O) groups excluding carboxylic acids is 1. The molecule has 0 saturated heterocycles. The topological polar surface area (TPSA) is 64.3 Å². The Morgan fingerprint density at radius 2 is 2.10 bits per heavy atom. The number of benzene rings is 2. The van der Waals surface area contributed by atoms with Crippen molar-refractivity contribution in [3.63, 3.8) is 0 Å². The van der Waals surface area contributed by atoms with Gasteiger partial charge in [-0.05, 0) is 30.3 Å². The maximum absolute atomic E-state index is 13.1. The van der Waals surface area contributed by atoms with Gasteiger partial charge >= 0.3 is 0 Å². The van der Waals surface area contributed by atoms with Crippen molar-refractivity contribution >= 4 is 28.9 Å². The first-order valence-electron chi connectivity index (χ1n) is 6.27. The molecular formula is C15H14ClFN2O2. The van der Waals surface area contributed by atoms with Crippen molar-refractivity contribution in [3.05, 3.63) is 53.3 Å². The summed E-state index contributed by atoms with van der Waals surface area (Å²) in [5, 5.41) is 2.78. The molecule has 0 radical (unpaired) electrons. The number of carbonyl (C=O) groups is 1. The van der Waals surface area contributed by atoms with E-state index in [0.29, 0.717) is 17.1 Å². The van der Waals surface area contributed by atoms with E-state index < -0.39 is 5.82 Å². The number of nitrogens with two attached hydrogens (primary N) is 1. The Balaban J connectivity index is 1.82. The molecule has 1 amide bonds. The molecule has 0 aromatic heterocycles. The van der Waals surface area contributed by atoms with E-state index in [1.165, 1.54) is 18.2 Å². The van der Waals surface area contributed by atoms with Gasteiger partial charge in [0.2, 0.25) is 5.91 Å². The fourth-order valence-electron chi connectivity index (χ4n) is 1.72. The smallest absolute Gasteiger partial charge is 0.227 e. The van der Waals surface area contributed by atoms with E-state index in [2.05, 4.69) is 5.32 Å². The summed E-state index contributed by atoms with van der Waals surface area (Å²) < 4.78 is 18.5. The van der Waals surface area contributed by atoms with Gasteiger partial charge in [-0.15, -0.1) is 0 Å². The zero-order valence-corrected chi connectivity index (χ0v) is 11.9. The lowest BCUT2D eigenvalue weighted by atomic mass is 10.3. The summed E-state index contributed by atoms with van der Waals surface area (Å²) in [7, 11) is 0. The molecule has 0 atom stereocenters. The molecule has 0 bridgehead atoms. The standard InChI is InChI=1S/C15H14ClFN2O2/c16-10-6-11(17)8-13(7-10)19-15(20)4-5-21-14-3-1-2-12(18)9-14/h1-3,6-9H,4-5,18H2,(H,19,20). The van der Waals surface area contributed by atoms with Crippen LogP contribution < -0.4 is 15.8 Å². The van der Waals surface area contributed by atoms with Crippen LogP contribution in [-0.4, -0.2) is 12.5 Å². The van der Waals surface area contributed by atoms with Gasteiger partial charge in [-0.2, -0.15) is 0 Å². The van der Waals surface area contributed by atoms with E-state index in [1.54, 1.807) is 24.3 Å². The Morgan fingerprint density at radius 1 is 1.29 bits per heavy atom. The average molecular weight is 309 g/mol. The first kappa shape index (κ1) is 15.1. The fourth-order valence-corrected chi connectivity index (χ4v) is 1.94. The second-order valence-corrected chi connectivity index (χ2v) is 4.81. The first-order chi connectivity index (χ1) is 10.0. The van der Waals surface area contributed by atoms with Crippen molar-refractivity contribution in [2.24, 2.45) is 0 Å². The molecule has 3 N–H and O–H groups in total. The van der Waals surface area contributed by atoms with Crippen LogP contribution >= 0.6 is 11.6 Å². The third kappa shape index (κ3) is 4.96. The summed E-state index contributed by atoms with van der Waals surface area (Å²) in [6.07, 6.45) is 0.128. The highest BCUT2D eigenvalue weighted by atomic mass is 35.5. The lowest BCUT2D eigenvalue weighted by molar-refractivity contribution is -0.116. The first-order valence-corrected chi connectivity index (χ1v) is 6.65. The second-order valence-electron chi connectivity index (χ2n) is 4.38. The molecule has 0 aliphatic carbocycles. The van der Waals surface area contributed by atoms with E-state index in [4.69, 9.17) is 22.1 Å². The lowest BCUT2D eigenvalue weighted by Gasteiger charge is -2.08. The second kappa shape index (κ2) is 6.95. The van der Waals surface area contributed by atoms with Gasteiger partial charge in [-0.3, -0.25) is 4.79 Å². The predicted octanol–water partition coefficient (Wildman–Crippen LogP) is 3.47. The normalized spacial score (nSPS) is 10.2. The highest BCUT2D eigenvalue weighted by molar-refractivity contribution is 6.30. The fraction of sp³-hybridized carbons (Fsp3) is 0.133. The van der Waals surface area contributed by atoms with Gasteiger partial charge in [0.15, 0.2) is 0 Å². The minimum Gasteiger partial charge on any atom is -0.493 e.